The second kappa shape index (κ2) is 10.1. The smallest absolute Gasteiger partial charge is 0.227 e. The largest absolute Gasteiger partial charge is 0.340 e. The summed E-state index contributed by atoms with van der Waals surface area (Å²) in [5.74, 6) is 0.329. The number of nitrogens with zero attached hydrogens (tertiary/aromatic N) is 6. The van der Waals surface area contributed by atoms with Crippen LogP contribution in [0.1, 0.15) is 36.9 Å². The Hall–Kier alpha value is -2.38. The zero-order valence-electron chi connectivity index (χ0n) is 17.9. The molecule has 0 saturated carbocycles. The van der Waals surface area contributed by atoms with Crippen LogP contribution in [0.15, 0.2) is 43.1 Å². The molecule has 1 atom stereocenters. The van der Waals surface area contributed by atoms with Crippen molar-refractivity contribution in [3.8, 4) is 0 Å². The van der Waals surface area contributed by atoms with Crippen molar-refractivity contribution < 1.29 is 4.79 Å². The molecule has 2 aromatic heterocycles. The van der Waals surface area contributed by atoms with Crippen LogP contribution in [0.4, 0.5) is 0 Å². The van der Waals surface area contributed by atoms with Gasteiger partial charge in [0.05, 0.1) is 24.4 Å². The minimum absolute atomic E-state index is 0.0928. The summed E-state index contributed by atoms with van der Waals surface area (Å²) in [6, 6.07) is 4.80. The molecule has 0 aromatic carbocycles. The van der Waals surface area contributed by atoms with Gasteiger partial charge in [0.25, 0.3) is 0 Å². The third kappa shape index (κ3) is 5.40. The van der Waals surface area contributed by atoms with E-state index in [0.29, 0.717) is 12.6 Å². The second-order valence-electron chi connectivity index (χ2n) is 8.59. The predicted molar refractivity (Wildman–Crippen MR) is 115 cm³/mol. The van der Waals surface area contributed by atoms with Crippen molar-refractivity contribution in [3.05, 3.63) is 54.4 Å². The van der Waals surface area contributed by atoms with Crippen LogP contribution in [-0.4, -0.2) is 74.8 Å². The Labute approximate surface area is 179 Å². The van der Waals surface area contributed by atoms with Crippen LogP contribution in [-0.2, 0) is 17.9 Å². The number of aromatic nitrogens is 3. The molecule has 2 aliphatic rings. The molecule has 160 valence electrons. The standard InChI is InChI=1S/C23H32N6O/c1-27(18-21-15-25-10-11-26-21)23(30)20-3-2-12-29(17-20)22-6-13-28(14-7-22)16-19-4-8-24-9-5-19/h4-5,8-11,15,20,22H,2-3,6-7,12-14,16-18H2,1H3. The molecule has 4 rings (SSSR count). The summed E-state index contributed by atoms with van der Waals surface area (Å²) in [4.78, 5) is 32.5. The number of likely N-dealkylation sites (tertiary alicyclic amines) is 2. The fourth-order valence-corrected chi connectivity index (χ4v) is 4.77. The average Bonchev–Trinajstić information content (AvgIpc) is 2.80. The van der Waals surface area contributed by atoms with Gasteiger partial charge in [0.15, 0.2) is 0 Å². The summed E-state index contributed by atoms with van der Waals surface area (Å²) in [6.07, 6.45) is 13.3. The molecule has 1 unspecified atom stereocenters. The Kier molecular flexibility index (Phi) is 7.02. The summed E-state index contributed by atoms with van der Waals surface area (Å²) >= 11 is 0. The Morgan fingerprint density at radius 2 is 1.87 bits per heavy atom. The van der Waals surface area contributed by atoms with E-state index in [2.05, 4.69) is 36.9 Å². The number of carbonyl (C=O) groups excluding carboxylic acids is 1. The molecule has 0 spiro atoms. The van der Waals surface area contributed by atoms with E-state index in [9.17, 15) is 4.79 Å². The summed E-state index contributed by atoms with van der Waals surface area (Å²) in [6.45, 7) is 5.77. The average molecular weight is 409 g/mol. The maximum atomic E-state index is 13.0. The van der Waals surface area contributed by atoms with E-state index in [4.69, 9.17) is 0 Å². The Morgan fingerprint density at radius 3 is 2.60 bits per heavy atom. The number of hydrogen-bond acceptors (Lipinski definition) is 6. The van der Waals surface area contributed by atoms with Gasteiger partial charge in [-0.15, -0.1) is 0 Å². The van der Waals surface area contributed by atoms with Crippen LogP contribution in [0.3, 0.4) is 0 Å². The highest BCUT2D eigenvalue weighted by molar-refractivity contribution is 5.78. The van der Waals surface area contributed by atoms with Crippen molar-refractivity contribution in [2.75, 3.05) is 33.2 Å². The van der Waals surface area contributed by atoms with Gasteiger partial charge >= 0.3 is 0 Å². The maximum Gasteiger partial charge on any atom is 0.227 e. The first-order chi connectivity index (χ1) is 14.7. The van der Waals surface area contributed by atoms with E-state index >= 15 is 0 Å². The lowest BCUT2D eigenvalue weighted by molar-refractivity contribution is -0.137. The number of piperidine rings is 2. The summed E-state index contributed by atoms with van der Waals surface area (Å²) in [7, 11) is 1.88. The van der Waals surface area contributed by atoms with Gasteiger partial charge < -0.3 is 4.90 Å². The minimum Gasteiger partial charge on any atom is -0.340 e. The molecule has 2 fully saturated rings. The van der Waals surface area contributed by atoms with Crippen LogP contribution in [0, 0.1) is 5.92 Å². The Morgan fingerprint density at radius 1 is 1.07 bits per heavy atom. The van der Waals surface area contributed by atoms with Crippen molar-refractivity contribution in [3.63, 3.8) is 0 Å². The molecule has 7 heteroatoms. The summed E-state index contributed by atoms with van der Waals surface area (Å²) in [5, 5.41) is 0. The minimum atomic E-state index is 0.0928. The molecule has 0 aliphatic carbocycles. The lowest BCUT2D eigenvalue weighted by atomic mass is 9.93. The van der Waals surface area contributed by atoms with Crippen LogP contribution >= 0.6 is 0 Å². The molecule has 2 aromatic rings. The number of hydrogen-bond donors (Lipinski definition) is 0. The number of pyridine rings is 1. The van der Waals surface area contributed by atoms with Crippen LogP contribution < -0.4 is 0 Å². The van der Waals surface area contributed by atoms with Crippen molar-refractivity contribution in [2.45, 2.75) is 44.8 Å². The van der Waals surface area contributed by atoms with Gasteiger partial charge in [-0.3, -0.25) is 29.5 Å². The van der Waals surface area contributed by atoms with Crippen LogP contribution in [0.5, 0.6) is 0 Å². The van der Waals surface area contributed by atoms with Gasteiger partial charge in [-0.05, 0) is 63.0 Å². The third-order valence-electron chi connectivity index (χ3n) is 6.42. The van der Waals surface area contributed by atoms with Crippen molar-refractivity contribution >= 4 is 5.91 Å². The molecule has 0 N–H and O–H groups in total. The van der Waals surface area contributed by atoms with E-state index in [1.54, 1.807) is 18.6 Å². The van der Waals surface area contributed by atoms with Crippen LogP contribution in [0.2, 0.25) is 0 Å². The topological polar surface area (TPSA) is 65.5 Å². The fourth-order valence-electron chi connectivity index (χ4n) is 4.77. The van der Waals surface area contributed by atoms with E-state index in [0.717, 1.165) is 51.3 Å². The lowest BCUT2D eigenvalue weighted by Gasteiger charge is -2.42. The molecular formula is C23H32N6O. The number of rotatable bonds is 6. The van der Waals surface area contributed by atoms with Gasteiger partial charge in [0.2, 0.25) is 5.91 Å². The van der Waals surface area contributed by atoms with Gasteiger partial charge in [-0.2, -0.15) is 0 Å². The first-order valence-electron chi connectivity index (χ1n) is 11.0. The van der Waals surface area contributed by atoms with E-state index in [1.807, 2.05) is 24.3 Å². The van der Waals surface area contributed by atoms with Gasteiger partial charge in [-0.25, -0.2) is 0 Å². The Balaban J connectivity index is 1.26. The highest BCUT2D eigenvalue weighted by Gasteiger charge is 2.32. The van der Waals surface area contributed by atoms with Gasteiger partial charge in [0.1, 0.15) is 0 Å². The highest BCUT2D eigenvalue weighted by atomic mass is 16.2. The molecule has 4 heterocycles. The zero-order chi connectivity index (χ0) is 20.8. The first kappa shape index (κ1) is 20.9. The monoisotopic (exact) mass is 408 g/mol. The summed E-state index contributed by atoms with van der Waals surface area (Å²) in [5.41, 5.74) is 2.17. The quantitative estimate of drug-likeness (QED) is 0.730. The number of carbonyl (C=O) groups is 1. The van der Waals surface area contributed by atoms with E-state index in [-0.39, 0.29) is 11.8 Å². The number of amides is 1. The molecule has 0 radical (unpaired) electrons. The van der Waals surface area contributed by atoms with E-state index in [1.165, 1.54) is 18.4 Å². The highest BCUT2D eigenvalue weighted by Crippen LogP contribution is 2.25. The third-order valence-corrected chi connectivity index (χ3v) is 6.42. The zero-order valence-corrected chi connectivity index (χ0v) is 17.9. The van der Waals surface area contributed by atoms with Crippen molar-refractivity contribution in [1.29, 1.82) is 0 Å². The molecule has 2 aliphatic heterocycles. The maximum absolute atomic E-state index is 13.0. The molecule has 7 nitrogen and oxygen atoms in total. The van der Waals surface area contributed by atoms with Crippen molar-refractivity contribution in [1.82, 2.24) is 29.7 Å². The SMILES string of the molecule is CN(Cc1cnccn1)C(=O)C1CCCN(C2CCN(Cc3ccncc3)CC2)C1. The molecule has 2 saturated heterocycles. The predicted octanol–water partition coefficient (Wildman–Crippen LogP) is 2.21. The van der Waals surface area contributed by atoms with E-state index < -0.39 is 0 Å². The second-order valence-corrected chi connectivity index (χ2v) is 8.59. The first-order valence-corrected chi connectivity index (χ1v) is 11.0. The van der Waals surface area contributed by atoms with Gasteiger partial charge in [0, 0.05) is 51.0 Å². The summed E-state index contributed by atoms with van der Waals surface area (Å²) < 4.78 is 0. The van der Waals surface area contributed by atoms with Gasteiger partial charge in [-0.1, -0.05) is 0 Å². The van der Waals surface area contributed by atoms with Crippen molar-refractivity contribution in [2.24, 2.45) is 5.92 Å². The molecular weight excluding hydrogens is 376 g/mol. The molecule has 1 amide bonds. The Bertz CT molecular complexity index is 794. The molecule has 0 bridgehead atoms. The molecule has 30 heavy (non-hydrogen) atoms. The normalized spacial score (nSPS) is 21.4. The lowest BCUT2D eigenvalue weighted by Crippen LogP contribution is -2.50. The fraction of sp³-hybridized carbons (Fsp3) is 0.565. The van der Waals surface area contributed by atoms with Crippen LogP contribution in [0.25, 0.3) is 0 Å².